The van der Waals surface area contributed by atoms with Gasteiger partial charge in [0.25, 0.3) is 5.91 Å². The molecule has 10 heteroatoms. The van der Waals surface area contributed by atoms with Gasteiger partial charge in [-0.15, -0.1) is 0 Å². The standard InChI is InChI=1S/C24H26Cl3FN2O4/c25-17-3-1-15(11-19(17)27)33-10-9-29-24-7-5-23(6-8-24,13-21(24)31)30-22(32)14-34-16-2-4-18(26)20(28)12-16/h1-4,11-12,21,29,31H,5-10,13-14H2,(H,30,32)/t21-,23?,24?/m0/s1. The van der Waals surface area contributed by atoms with Gasteiger partial charge in [-0.1, -0.05) is 34.8 Å². The van der Waals surface area contributed by atoms with E-state index in [9.17, 15) is 14.3 Å². The maximum Gasteiger partial charge on any atom is 0.258 e. The molecule has 6 nitrogen and oxygen atoms in total. The average molecular weight is 532 g/mol. The van der Waals surface area contributed by atoms with E-state index in [4.69, 9.17) is 44.3 Å². The van der Waals surface area contributed by atoms with Crippen LogP contribution in [0.3, 0.4) is 0 Å². The summed E-state index contributed by atoms with van der Waals surface area (Å²) in [6.45, 7) is 0.730. The smallest absolute Gasteiger partial charge is 0.258 e. The van der Waals surface area contributed by atoms with E-state index in [1.165, 1.54) is 12.1 Å². The number of carbonyl (C=O) groups is 1. The van der Waals surface area contributed by atoms with Crippen LogP contribution in [0.5, 0.6) is 11.5 Å². The molecule has 0 unspecified atom stereocenters. The number of carbonyl (C=O) groups excluding carboxylic acids is 1. The van der Waals surface area contributed by atoms with Crippen LogP contribution < -0.4 is 20.1 Å². The Labute approximate surface area is 212 Å². The zero-order valence-corrected chi connectivity index (χ0v) is 20.6. The van der Waals surface area contributed by atoms with Gasteiger partial charge in [-0.3, -0.25) is 4.79 Å². The van der Waals surface area contributed by atoms with Gasteiger partial charge in [0, 0.05) is 29.8 Å². The Kier molecular flexibility index (Phi) is 7.79. The van der Waals surface area contributed by atoms with E-state index in [0.29, 0.717) is 35.4 Å². The third-order valence-corrected chi connectivity index (χ3v) is 7.77. The molecule has 0 spiro atoms. The van der Waals surface area contributed by atoms with E-state index in [1.54, 1.807) is 18.2 Å². The minimum absolute atomic E-state index is 0.00730. The lowest BCUT2D eigenvalue weighted by Gasteiger charge is -2.56. The summed E-state index contributed by atoms with van der Waals surface area (Å²) in [5.74, 6) is -0.0491. The second-order valence-electron chi connectivity index (χ2n) is 8.92. The summed E-state index contributed by atoms with van der Waals surface area (Å²) in [6, 6.07) is 9.14. The molecule has 3 N–H and O–H groups in total. The van der Waals surface area contributed by atoms with Crippen LogP contribution in [0, 0.1) is 5.82 Å². The fourth-order valence-corrected chi connectivity index (χ4v) is 5.24. The van der Waals surface area contributed by atoms with Crippen molar-refractivity contribution < 1.29 is 23.8 Å². The van der Waals surface area contributed by atoms with Crippen LogP contribution in [0.15, 0.2) is 36.4 Å². The summed E-state index contributed by atoms with van der Waals surface area (Å²) < 4.78 is 24.7. The van der Waals surface area contributed by atoms with Crippen LogP contribution in [-0.2, 0) is 4.79 Å². The summed E-state index contributed by atoms with van der Waals surface area (Å²) in [6.07, 6.45) is 2.79. The van der Waals surface area contributed by atoms with Crippen LogP contribution >= 0.6 is 34.8 Å². The fraction of sp³-hybridized carbons (Fsp3) is 0.458. The molecule has 0 radical (unpaired) electrons. The summed E-state index contributed by atoms with van der Waals surface area (Å²) >= 11 is 17.6. The van der Waals surface area contributed by atoms with E-state index in [0.717, 1.165) is 31.7 Å². The molecule has 2 bridgehead atoms. The minimum Gasteiger partial charge on any atom is -0.492 e. The molecule has 34 heavy (non-hydrogen) atoms. The second kappa shape index (κ2) is 10.5. The lowest BCUT2D eigenvalue weighted by atomic mass is 9.60. The van der Waals surface area contributed by atoms with Crippen molar-refractivity contribution in [1.82, 2.24) is 10.6 Å². The molecule has 3 aliphatic rings. The summed E-state index contributed by atoms with van der Waals surface area (Å²) in [5.41, 5.74) is -0.865. The Bertz CT molecular complexity index is 1050. The lowest BCUT2D eigenvalue weighted by molar-refractivity contribution is -0.129. The maximum atomic E-state index is 13.5. The van der Waals surface area contributed by atoms with E-state index in [1.807, 2.05) is 0 Å². The number of hydrogen-bond donors (Lipinski definition) is 3. The van der Waals surface area contributed by atoms with Gasteiger partial charge in [0.15, 0.2) is 6.61 Å². The molecule has 2 aromatic carbocycles. The topological polar surface area (TPSA) is 79.8 Å². The Morgan fingerprint density at radius 3 is 2.32 bits per heavy atom. The van der Waals surface area contributed by atoms with Gasteiger partial charge in [-0.05, 0) is 56.4 Å². The number of benzene rings is 2. The number of aliphatic hydroxyl groups is 1. The monoisotopic (exact) mass is 530 g/mol. The number of ether oxygens (including phenoxy) is 2. The van der Waals surface area contributed by atoms with E-state index < -0.39 is 23.0 Å². The third kappa shape index (κ3) is 5.71. The predicted octanol–water partition coefficient (Wildman–Crippen LogP) is 4.77. The largest absolute Gasteiger partial charge is 0.492 e. The highest BCUT2D eigenvalue weighted by Gasteiger charge is 2.54. The first kappa shape index (κ1) is 25.3. The summed E-state index contributed by atoms with van der Waals surface area (Å²) in [7, 11) is 0. The van der Waals surface area contributed by atoms with E-state index >= 15 is 0 Å². The number of aliphatic hydroxyl groups excluding tert-OH is 1. The van der Waals surface area contributed by atoms with Crippen LogP contribution in [0.1, 0.15) is 32.1 Å². The molecular weight excluding hydrogens is 506 g/mol. The van der Waals surface area contributed by atoms with Crippen molar-refractivity contribution in [2.24, 2.45) is 0 Å². The number of halogens is 4. The highest BCUT2D eigenvalue weighted by atomic mass is 35.5. The molecule has 0 aliphatic heterocycles. The average Bonchev–Trinajstić information content (AvgIpc) is 2.81. The first-order valence-corrected chi connectivity index (χ1v) is 12.2. The van der Waals surface area contributed by atoms with Gasteiger partial charge >= 0.3 is 0 Å². The van der Waals surface area contributed by atoms with Crippen LogP contribution in [0.25, 0.3) is 0 Å². The Morgan fingerprint density at radius 1 is 1.00 bits per heavy atom. The molecule has 1 atom stereocenters. The molecule has 5 rings (SSSR count). The van der Waals surface area contributed by atoms with Crippen molar-refractivity contribution >= 4 is 40.7 Å². The summed E-state index contributed by atoms with van der Waals surface area (Å²) in [5, 5.41) is 18.3. The summed E-state index contributed by atoms with van der Waals surface area (Å²) in [4.78, 5) is 12.5. The van der Waals surface area contributed by atoms with Crippen molar-refractivity contribution in [1.29, 1.82) is 0 Å². The zero-order valence-electron chi connectivity index (χ0n) is 18.4. The SMILES string of the molecule is O=C(COc1ccc(Cl)c(F)c1)NC12CCC(NCCOc3ccc(Cl)c(Cl)c3)(CC1)[C@@H](O)C2. The molecule has 3 aliphatic carbocycles. The molecule has 0 heterocycles. The zero-order chi connectivity index (χ0) is 24.3. The second-order valence-corrected chi connectivity index (χ2v) is 10.1. The Balaban J connectivity index is 1.24. The van der Waals surface area contributed by atoms with Crippen molar-refractivity contribution in [3.05, 3.63) is 57.3 Å². The normalized spacial score (nSPS) is 25.7. The van der Waals surface area contributed by atoms with Crippen molar-refractivity contribution in [3.63, 3.8) is 0 Å². The molecule has 3 saturated carbocycles. The molecule has 3 fully saturated rings. The van der Waals surface area contributed by atoms with Crippen molar-refractivity contribution in [2.45, 2.75) is 49.3 Å². The number of hydrogen-bond acceptors (Lipinski definition) is 5. The highest BCUT2D eigenvalue weighted by molar-refractivity contribution is 6.42. The maximum absolute atomic E-state index is 13.5. The fourth-order valence-electron chi connectivity index (χ4n) is 4.83. The minimum atomic E-state index is -0.605. The first-order valence-electron chi connectivity index (χ1n) is 11.1. The molecular formula is C24H26Cl3FN2O4. The number of fused-ring (bicyclic) bond motifs is 3. The van der Waals surface area contributed by atoms with E-state index in [2.05, 4.69) is 10.6 Å². The van der Waals surface area contributed by atoms with Gasteiger partial charge in [0.2, 0.25) is 0 Å². The number of nitrogens with one attached hydrogen (secondary N) is 2. The highest BCUT2D eigenvalue weighted by Crippen LogP contribution is 2.47. The number of rotatable bonds is 9. The Morgan fingerprint density at radius 2 is 1.68 bits per heavy atom. The third-order valence-electron chi connectivity index (χ3n) is 6.73. The van der Waals surface area contributed by atoms with Crippen LogP contribution in [-0.4, -0.2) is 48.0 Å². The molecule has 0 aromatic heterocycles. The van der Waals surface area contributed by atoms with Gasteiger partial charge < -0.3 is 25.2 Å². The first-order chi connectivity index (χ1) is 16.2. The van der Waals surface area contributed by atoms with Gasteiger partial charge in [0.05, 0.1) is 21.2 Å². The Hall–Kier alpha value is -1.77. The van der Waals surface area contributed by atoms with Crippen molar-refractivity contribution in [2.75, 3.05) is 19.8 Å². The molecule has 1 amide bonds. The molecule has 184 valence electrons. The van der Waals surface area contributed by atoms with Gasteiger partial charge in [-0.2, -0.15) is 0 Å². The number of amides is 1. The van der Waals surface area contributed by atoms with Gasteiger partial charge in [0.1, 0.15) is 23.9 Å². The van der Waals surface area contributed by atoms with Crippen LogP contribution in [0.4, 0.5) is 4.39 Å². The molecule has 2 aromatic rings. The quantitative estimate of drug-likeness (QED) is 0.407. The van der Waals surface area contributed by atoms with Crippen molar-refractivity contribution in [3.8, 4) is 11.5 Å². The van der Waals surface area contributed by atoms with Crippen LogP contribution in [0.2, 0.25) is 15.1 Å². The van der Waals surface area contributed by atoms with E-state index in [-0.39, 0.29) is 23.3 Å². The van der Waals surface area contributed by atoms with Gasteiger partial charge in [-0.25, -0.2) is 4.39 Å². The lowest BCUT2D eigenvalue weighted by Crippen LogP contribution is -2.69. The molecule has 0 saturated heterocycles. The predicted molar refractivity (Wildman–Crippen MR) is 130 cm³/mol.